The van der Waals surface area contributed by atoms with Gasteiger partial charge in [0.05, 0.1) is 0 Å². The van der Waals surface area contributed by atoms with E-state index in [1.165, 1.54) is 56.2 Å². The van der Waals surface area contributed by atoms with Gasteiger partial charge in [0.1, 0.15) is 5.56 Å². The van der Waals surface area contributed by atoms with Crippen molar-refractivity contribution in [3.63, 3.8) is 0 Å². The SMILES string of the molecule is CNC(=O)c1cc2c(n(CC3CCCCC3)c1=O)CCCCCC2. The number of hydrogen-bond acceptors (Lipinski definition) is 2. The Bertz CT molecular complexity index is 642. The van der Waals surface area contributed by atoms with E-state index in [1.807, 2.05) is 10.6 Å². The molecule has 4 heteroatoms. The van der Waals surface area contributed by atoms with Gasteiger partial charge >= 0.3 is 0 Å². The third-order valence-electron chi connectivity index (χ3n) is 5.74. The van der Waals surface area contributed by atoms with Crippen molar-refractivity contribution in [1.82, 2.24) is 9.88 Å². The van der Waals surface area contributed by atoms with Crippen LogP contribution in [0.15, 0.2) is 10.9 Å². The number of aromatic nitrogens is 1. The maximum absolute atomic E-state index is 13.0. The van der Waals surface area contributed by atoms with Crippen LogP contribution in [-0.2, 0) is 19.4 Å². The van der Waals surface area contributed by atoms with E-state index in [0.717, 1.165) is 32.2 Å². The minimum atomic E-state index is -0.248. The smallest absolute Gasteiger partial charge is 0.263 e. The number of pyridine rings is 1. The van der Waals surface area contributed by atoms with E-state index in [9.17, 15) is 9.59 Å². The average molecular weight is 330 g/mol. The Balaban J connectivity index is 2.02. The van der Waals surface area contributed by atoms with Crippen LogP contribution in [0.3, 0.4) is 0 Å². The van der Waals surface area contributed by atoms with Crippen molar-refractivity contribution < 1.29 is 4.79 Å². The predicted octanol–water partition coefficient (Wildman–Crippen LogP) is 3.45. The molecule has 1 aromatic heterocycles. The minimum Gasteiger partial charge on any atom is -0.355 e. The molecule has 0 radical (unpaired) electrons. The number of nitrogens with one attached hydrogen (secondary N) is 1. The molecule has 1 N–H and O–H groups in total. The number of carbonyl (C=O) groups excluding carboxylic acids is 1. The van der Waals surface area contributed by atoms with Crippen molar-refractivity contribution >= 4 is 5.91 Å². The lowest BCUT2D eigenvalue weighted by Gasteiger charge is -2.26. The molecule has 24 heavy (non-hydrogen) atoms. The first-order valence-electron chi connectivity index (χ1n) is 9.68. The Hall–Kier alpha value is -1.58. The third-order valence-corrected chi connectivity index (χ3v) is 5.74. The molecular formula is C20H30N2O2. The van der Waals surface area contributed by atoms with E-state index in [1.54, 1.807) is 7.05 Å². The summed E-state index contributed by atoms with van der Waals surface area (Å²) in [6.07, 6.45) is 13.1. The largest absolute Gasteiger partial charge is 0.355 e. The molecule has 4 nitrogen and oxygen atoms in total. The number of rotatable bonds is 3. The Morgan fingerprint density at radius 3 is 2.46 bits per heavy atom. The zero-order valence-electron chi connectivity index (χ0n) is 14.9. The average Bonchev–Trinajstić information content (AvgIpc) is 2.59. The summed E-state index contributed by atoms with van der Waals surface area (Å²) in [4.78, 5) is 25.2. The van der Waals surface area contributed by atoms with E-state index in [2.05, 4.69) is 5.32 Å². The summed E-state index contributed by atoms with van der Waals surface area (Å²) >= 11 is 0. The van der Waals surface area contributed by atoms with Gasteiger partial charge in [-0.1, -0.05) is 32.1 Å². The van der Waals surface area contributed by atoms with Gasteiger partial charge in [-0.05, 0) is 56.1 Å². The second-order valence-corrected chi connectivity index (χ2v) is 7.44. The molecule has 0 spiro atoms. The topological polar surface area (TPSA) is 51.1 Å². The third kappa shape index (κ3) is 3.73. The summed E-state index contributed by atoms with van der Waals surface area (Å²) in [5, 5.41) is 2.64. The summed E-state index contributed by atoms with van der Waals surface area (Å²) in [6.45, 7) is 0.798. The molecule has 2 aliphatic rings. The number of aryl methyl sites for hydroxylation is 1. The molecule has 3 rings (SSSR count). The molecule has 1 fully saturated rings. The summed E-state index contributed by atoms with van der Waals surface area (Å²) in [6, 6.07) is 1.87. The van der Waals surface area contributed by atoms with E-state index >= 15 is 0 Å². The number of carbonyl (C=O) groups is 1. The van der Waals surface area contributed by atoms with Gasteiger partial charge in [0.25, 0.3) is 11.5 Å². The van der Waals surface area contributed by atoms with Crippen molar-refractivity contribution in [2.75, 3.05) is 7.05 Å². The summed E-state index contributed by atoms with van der Waals surface area (Å²) < 4.78 is 1.97. The standard InChI is InChI=1S/C20H30N2O2/c1-21-19(23)17-13-16-11-7-2-3-8-12-18(16)22(20(17)24)14-15-9-5-4-6-10-15/h13,15H,2-12,14H2,1H3,(H,21,23). The molecule has 1 heterocycles. The van der Waals surface area contributed by atoms with Crippen LogP contribution in [0.5, 0.6) is 0 Å². The van der Waals surface area contributed by atoms with E-state index in [4.69, 9.17) is 0 Å². The van der Waals surface area contributed by atoms with E-state index in [0.29, 0.717) is 11.5 Å². The Labute approximate surface area is 144 Å². The monoisotopic (exact) mass is 330 g/mol. The zero-order chi connectivity index (χ0) is 16.9. The summed E-state index contributed by atoms with van der Waals surface area (Å²) in [5.41, 5.74) is 2.67. The highest BCUT2D eigenvalue weighted by molar-refractivity contribution is 5.93. The molecule has 2 aliphatic carbocycles. The van der Waals surface area contributed by atoms with Crippen LogP contribution in [0.2, 0.25) is 0 Å². The van der Waals surface area contributed by atoms with Crippen molar-refractivity contribution in [1.29, 1.82) is 0 Å². The molecule has 0 unspecified atom stereocenters. The fourth-order valence-corrected chi connectivity index (χ4v) is 4.35. The second kappa shape index (κ2) is 8.00. The molecular weight excluding hydrogens is 300 g/mol. The van der Waals surface area contributed by atoms with Gasteiger partial charge in [-0.3, -0.25) is 9.59 Å². The van der Waals surface area contributed by atoms with E-state index in [-0.39, 0.29) is 11.5 Å². The molecule has 0 bridgehead atoms. The Morgan fingerprint density at radius 2 is 1.75 bits per heavy atom. The number of fused-ring (bicyclic) bond motifs is 1. The Kier molecular flexibility index (Phi) is 5.75. The molecule has 132 valence electrons. The van der Waals surface area contributed by atoms with Crippen LogP contribution >= 0.6 is 0 Å². The molecule has 1 aromatic rings. The van der Waals surface area contributed by atoms with Crippen molar-refractivity contribution in [3.05, 3.63) is 33.2 Å². The fraction of sp³-hybridized carbons (Fsp3) is 0.700. The van der Waals surface area contributed by atoms with Gasteiger partial charge in [-0.2, -0.15) is 0 Å². The number of nitrogens with zero attached hydrogens (tertiary/aromatic N) is 1. The zero-order valence-corrected chi connectivity index (χ0v) is 14.9. The maximum atomic E-state index is 13.0. The van der Waals surface area contributed by atoms with E-state index < -0.39 is 0 Å². The van der Waals surface area contributed by atoms with Crippen LogP contribution in [0.25, 0.3) is 0 Å². The first kappa shape index (κ1) is 17.2. The van der Waals surface area contributed by atoms with Gasteiger partial charge in [0, 0.05) is 19.3 Å². The van der Waals surface area contributed by atoms with Crippen LogP contribution in [-0.4, -0.2) is 17.5 Å². The van der Waals surface area contributed by atoms with Gasteiger partial charge in [0.15, 0.2) is 0 Å². The molecule has 0 aromatic carbocycles. The molecule has 0 saturated heterocycles. The van der Waals surface area contributed by atoms with Gasteiger partial charge < -0.3 is 9.88 Å². The maximum Gasteiger partial charge on any atom is 0.263 e. The summed E-state index contributed by atoms with van der Waals surface area (Å²) in [7, 11) is 1.60. The molecule has 0 atom stereocenters. The minimum absolute atomic E-state index is 0.0840. The molecule has 0 aliphatic heterocycles. The van der Waals surface area contributed by atoms with Gasteiger partial charge in [-0.25, -0.2) is 0 Å². The molecule has 1 saturated carbocycles. The van der Waals surface area contributed by atoms with Crippen LogP contribution in [0.1, 0.15) is 79.4 Å². The lowest BCUT2D eigenvalue weighted by molar-refractivity contribution is 0.0960. The van der Waals surface area contributed by atoms with Gasteiger partial charge in [-0.15, -0.1) is 0 Å². The second-order valence-electron chi connectivity index (χ2n) is 7.44. The first-order valence-corrected chi connectivity index (χ1v) is 9.68. The highest BCUT2D eigenvalue weighted by Crippen LogP contribution is 2.27. The normalized spacial score (nSPS) is 19.2. The highest BCUT2D eigenvalue weighted by Gasteiger charge is 2.22. The lowest BCUT2D eigenvalue weighted by Crippen LogP contribution is -2.36. The quantitative estimate of drug-likeness (QED) is 0.923. The van der Waals surface area contributed by atoms with Crippen LogP contribution in [0.4, 0.5) is 0 Å². The van der Waals surface area contributed by atoms with Crippen LogP contribution in [0, 0.1) is 5.92 Å². The lowest BCUT2D eigenvalue weighted by atomic mass is 9.88. The first-order chi connectivity index (χ1) is 11.7. The Morgan fingerprint density at radius 1 is 1.08 bits per heavy atom. The van der Waals surface area contributed by atoms with Crippen LogP contribution < -0.4 is 10.9 Å². The van der Waals surface area contributed by atoms with Gasteiger partial charge in [0.2, 0.25) is 0 Å². The van der Waals surface area contributed by atoms with Crippen molar-refractivity contribution in [2.45, 2.75) is 77.2 Å². The fourth-order valence-electron chi connectivity index (χ4n) is 4.35. The summed E-state index contributed by atoms with van der Waals surface area (Å²) in [5.74, 6) is 0.341. The number of hydrogen-bond donors (Lipinski definition) is 1. The van der Waals surface area contributed by atoms with Crippen molar-refractivity contribution in [3.8, 4) is 0 Å². The number of amides is 1. The molecule has 1 amide bonds. The van der Waals surface area contributed by atoms with Crippen molar-refractivity contribution in [2.24, 2.45) is 5.92 Å². The predicted molar refractivity (Wildman–Crippen MR) is 96.5 cm³/mol. The highest BCUT2D eigenvalue weighted by atomic mass is 16.2.